The highest BCUT2D eigenvalue weighted by molar-refractivity contribution is 7.91. The SMILES string of the molecule is NC1CCc2nnc(C3CCCS(=O)(=O)C3)n2C1. The van der Waals surface area contributed by atoms with Crippen LogP contribution in [0.15, 0.2) is 0 Å². The van der Waals surface area contributed by atoms with E-state index in [2.05, 4.69) is 10.2 Å². The number of sulfone groups is 1. The number of hydrogen-bond donors (Lipinski definition) is 1. The van der Waals surface area contributed by atoms with Crippen LogP contribution in [0.3, 0.4) is 0 Å². The fourth-order valence-electron chi connectivity index (χ4n) is 2.90. The monoisotopic (exact) mass is 270 g/mol. The summed E-state index contributed by atoms with van der Waals surface area (Å²) in [6.07, 6.45) is 3.38. The quantitative estimate of drug-likeness (QED) is 0.766. The average molecular weight is 270 g/mol. The van der Waals surface area contributed by atoms with Crippen molar-refractivity contribution in [3.63, 3.8) is 0 Å². The first-order chi connectivity index (χ1) is 8.55. The van der Waals surface area contributed by atoms with Gasteiger partial charge in [0.2, 0.25) is 0 Å². The first-order valence-corrected chi connectivity index (χ1v) is 8.25. The summed E-state index contributed by atoms with van der Waals surface area (Å²) in [5.74, 6) is 2.29. The first-order valence-electron chi connectivity index (χ1n) is 6.43. The molecule has 0 amide bonds. The minimum Gasteiger partial charge on any atom is -0.326 e. The third-order valence-corrected chi connectivity index (χ3v) is 5.66. The van der Waals surface area contributed by atoms with Crippen LogP contribution >= 0.6 is 0 Å². The number of rotatable bonds is 1. The Morgan fingerprint density at radius 2 is 2.11 bits per heavy atom. The Morgan fingerprint density at radius 3 is 2.89 bits per heavy atom. The van der Waals surface area contributed by atoms with E-state index in [1.807, 2.05) is 4.57 Å². The molecule has 0 bridgehead atoms. The summed E-state index contributed by atoms with van der Waals surface area (Å²) in [5, 5.41) is 8.39. The molecule has 1 saturated heterocycles. The second kappa shape index (κ2) is 4.31. The van der Waals surface area contributed by atoms with E-state index in [0.29, 0.717) is 12.3 Å². The predicted molar refractivity (Wildman–Crippen MR) is 66.9 cm³/mol. The number of nitrogens with zero attached hydrogens (tertiary/aromatic N) is 3. The van der Waals surface area contributed by atoms with Gasteiger partial charge in [0.1, 0.15) is 11.6 Å². The number of nitrogens with two attached hydrogens (primary N) is 1. The smallest absolute Gasteiger partial charge is 0.151 e. The Labute approximate surface area is 106 Å². The van der Waals surface area contributed by atoms with Crippen molar-refractivity contribution < 1.29 is 8.42 Å². The lowest BCUT2D eigenvalue weighted by molar-refractivity contribution is 0.430. The number of fused-ring (bicyclic) bond motifs is 1. The second-order valence-electron chi connectivity index (χ2n) is 5.34. The van der Waals surface area contributed by atoms with E-state index in [0.717, 1.165) is 37.3 Å². The maximum atomic E-state index is 11.7. The Morgan fingerprint density at radius 1 is 1.28 bits per heavy atom. The molecule has 0 spiro atoms. The van der Waals surface area contributed by atoms with Gasteiger partial charge in [0, 0.05) is 24.9 Å². The number of aromatic nitrogens is 3. The molecule has 100 valence electrons. The molecule has 0 radical (unpaired) electrons. The minimum absolute atomic E-state index is 0.00435. The van der Waals surface area contributed by atoms with Crippen molar-refractivity contribution in [1.29, 1.82) is 0 Å². The lowest BCUT2D eigenvalue weighted by Crippen LogP contribution is -2.34. The van der Waals surface area contributed by atoms with Gasteiger partial charge < -0.3 is 10.3 Å². The van der Waals surface area contributed by atoms with Crippen molar-refractivity contribution in [3.8, 4) is 0 Å². The molecular formula is C11H18N4O2S. The van der Waals surface area contributed by atoms with Crippen molar-refractivity contribution in [1.82, 2.24) is 14.8 Å². The van der Waals surface area contributed by atoms with Crippen LogP contribution in [0, 0.1) is 0 Å². The second-order valence-corrected chi connectivity index (χ2v) is 7.57. The van der Waals surface area contributed by atoms with Crippen LogP contribution in [0.1, 0.15) is 36.8 Å². The van der Waals surface area contributed by atoms with Crippen LogP contribution in [0.2, 0.25) is 0 Å². The highest BCUT2D eigenvalue weighted by Gasteiger charge is 2.31. The van der Waals surface area contributed by atoms with Gasteiger partial charge in [0.25, 0.3) is 0 Å². The van der Waals surface area contributed by atoms with Crippen LogP contribution in [-0.2, 0) is 22.8 Å². The molecule has 2 aliphatic rings. The topological polar surface area (TPSA) is 90.9 Å². The zero-order valence-corrected chi connectivity index (χ0v) is 11.1. The zero-order valence-electron chi connectivity index (χ0n) is 10.2. The molecule has 1 aromatic rings. The Hall–Kier alpha value is -0.950. The third kappa shape index (κ3) is 2.16. The largest absolute Gasteiger partial charge is 0.326 e. The van der Waals surface area contributed by atoms with Gasteiger partial charge in [-0.25, -0.2) is 8.42 Å². The lowest BCUT2D eigenvalue weighted by Gasteiger charge is -2.25. The van der Waals surface area contributed by atoms with E-state index >= 15 is 0 Å². The first kappa shape index (κ1) is 12.1. The highest BCUT2D eigenvalue weighted by atomic mass is 32.2. The van der Waals surface area contributed by atoms with E-state index < -0.39 is 9.84 Å². The maximum Gasteiger partial charge on any atom is 0.151 e. The van der Waals surface area contributed by atoms with Gasteiger partial charge in [0.15, 0.2) is 9.84 Å². The summed E-state index contributed by atoms with van der Waals surface area (Å²) >= 11 is 0. The van der Waals surface area contributed by atoms with Gasteiger partial charge >= 0.3 is 0 Å². The van der Waals surface area contributed by atoms with Gasteiger partial charge in [-0.2, -0.15) is 0 Å². The molecule has 1 aromatic heterocycles. The summed E-state index contributed by atoms with van der Waals surface area (Å²) in [6.45, 7) is 0.716. The van der Waals surface area contributed by atoms with Gasteiger partial charge in [0.05, 0.1) is 11.5 Å². The summed E-state index contributed by atoms with van der Waals surface area (Å²) < 4.78 is 25.5. The van der Waals surface area contributed by atoms with E-state index in [1.165, 1.54) is 0 Å². The van der Waals surface area contributed by atoms with Gasteiger partial charge in [-0.15, -0.1) is 10.2 Å². The molecule has 3 heterocycles. The maximum absolute atomic E-state index is 11.7. The number of aryl methyl sites for hydroxylation is 1. The summed E-state index contributed by atoms with van der Waals surface area (Å²) in [7, 11) is -2.91. The molecule has 0 saturated carbocycles. The van der Waals surface area contributed by atoms with Gasteiger partial charge in [-0.3, -0.25) is 0 Å². The Kier molecular flexibility index (Phi) is 2.90. The van der Waals surface area contributed by atoms with Crippen LogP contribution < -0.4 is 5.73 Å². The van der Waals surface area contributed by atoms with Crippen molar-refractivity contribution in [2.45, 2.75) is 44.2 Å². The van der Waals surface area contributed by atoms with Crippen molar-refractivity contribution in [2.24, 2.45) is 5.73 Å². The fourth-order valence-corrected chi connectivity index (χ4v) is 4.60. The molecule has 6 nitrogen and oxygen atoms in total. The van der Waals surface area contributed by atoms with Crippen LogP contribution in [0.5, 0.6) is 0 Å². The zero-order chi connectivity index (χ0) is 12.8. The van der Waals surface area contributed by atoms with Crippen molar-refractivity contribution in [3.05, 3.63) is 11.6 Å². The van der Waals surface area contributed by atoms with E-state index in [4.69, 9.17) is 5.73 Å². The molecule has 1 fully saturated rings. The molecule has 0 aliphatic carbocycles. The molecule has 7 heteroatoms. The van der Waals surface area contributed by atoms with E-state index in [-0.39, 0.29) is 17.7 Å². The van der Waals surface area contributed by atoms with Gasteiger partial charge in [-0.1, -0.05) is 0 Å². The van der Waals surface area contributed by atoms with Crippen LogP contribution in [0.4, 0.5) is 0 Å². The molecule has 18 heavy (non-hydrogen) atoms. The summed E-state index contributed by atoms with van der Waals surface area (Å²) in [6, 6.07) is 0.132. The fraction of sp³-hybridized carbons (Fsp3) is 0.818. The molecule has 2 atom stereocenters. The molecule has 0 aromatic carbocycles. The Bertz CT molecular complexity index is 551. The van der Waals surface area contributed by atoms with Crippen molar-refractivity contribution in [2.75, 3.05) is 11.5 Å². The molecule has 2 aliphatic heterocycles. The molecule has 2 N–H and O–H groups in total. The summed E-state index contributed by atoms with van der Waals surface area (Å²) in [4.78, 5) is 0. The summed E-state index contributed by atoms with van der Waals surface area (Å²) in [5.41, 5.74) is 5.97. The standard InChI is InChI=1S/C11H18N4O2S/c12-9-3-4-10-13-14-11(15(10)6-9)8-2-1-5-18(16,17)7-8/h8-9H,1-7,12H2. The molecule has 2 unspecified atom stereocenters. The highest BCUT2D eigenvalue weighted by Crippen LogP contribution is 2.28. The van der Waals surface area contributed by atoms with Crippen molar-refractivity contribution >= 4 is 9.84 Å². The molecule has 3 rings (SSSR count). The average Bonchev–Trinajstić information content (AvgIpc) is 2.70. The van der Waals surface area contributed by atoms with Crippen LogP contribution in [0.25, 0.3) is 0 Å². The van der Waals surface area contributed by atoms with Gasteiger partial charge in [-0.05, 0) is 19.3 Å². The lowest BCUT2D eigenvalue weighted by atomic mass is 10.0. The van der Waals surface area contributed by atoms with Crippen LogP contribution in [-0.4, -0.2) is 40.7 Å². The minimum atomic E-state index is -2.91. The molecular weight excluding hydrogens is 252 g/mol. The van der Waals surface area contributed by atoms with E-state index in [9.17, 15) is 8.42 Å². The third-order valence-electron chi connectivity index (χ3n) is 3.84. The number of hydrogen-bond acceptors (Lipinski definition) is 5. The van der Waals surface area contributed by atoms with E-state index in [1.54, 1.807) is 0 Å². The Balaban J connectivity index is 1.91. The predicted octanol–water partition coefficient (Wildman–Crippen LogP) is -0.156. The normalized spacial score (nSPS) is 30.9.